The SMILES string of the molecule is Cc1nc2c(c(N[C@H](C)c3cccc(C(F)F)c3F)n1)C=C(C(=O)[O-])C(NN)N2.[Li+]. The minimum Gasteiger partial charge on any atom is -0.545 e. The minimum absolute atomic E-state index is 0. The van der Waals surface area contributed by atoms with Crippen molar-refractivity contribution in [3.63, 3.8) is 0 Å². The number of nitrogens with two attached hydrogens (primary N) is 1. The van der Waals surface area contributed by atoms with E-state index < -0.39 is 36.0 Å². The molecule has 0 aliphatic carbocycles. The van der Waals surface area contributed by atoms with Crippen LogP contribution in [0.3, 0.4) is 0 Å². The van der Waals surface area contributed by atoms with Gasteiger partial charge in [-0.05, 0) is 19.9 Å². The molecule has 2 aromatic rings. The number of carbonyl (C=O) groups is 1. The molecule has 1 aliphatic rings. The largest absolute Gasteiger partial charge is 1.00 e. The van der Waals surface area contributed by atoms with E-state index in [0.29, 0.717) is 17.2 Å². The Hall–Kier alpha value is -2.58. The van der Waals surface area contributed by atoms with Gasteiger partial charge < -0.3 is 20.5 Å². The third kappa shape index (κ3) is 4.60. The summed E-state index contributed by atoms with van der Waals surface area (Å²) in [6.07, 6.45) is -2.60. The molecule has 0 fully saturated rings. The number of aliphatic carboxylic acids is 1. The average molecular weight is 414 g/mol. The van der Waals surface area contributed by atoms with Crippen molar-refractivity contribution in [2.75, 3.05) is 10.6 Å². The van der Waals surface area contributed by atoms with Crippen LogP contribution in [0, 0.1) is 12.7 Å². The average Bonchev–Trinajstić information content (AvgIpc) is 2.66. The predicted molar refractivity (Wildman–Crippen MR) is 97.9 cm³/mol. The normalized spacial score (nSPS) is 16.1. The molecule has 8 nitrogen and oxygen atoms in total. The Morgan fingerprint density at radius 1 is 1.30 bits per heavy atom. The number of hydrogen-bond acceptors (Lipinski definition) is 8. The van der Waals surface area contributed by atoms with Gasteiger partial charge in [0.2, 0.25) is 0 Å². The fraction of sp³-hybridized carbons (Fsp3) is 0.278. The Morgan fingerprint density at radius 3 is 2.57 bits per heavy atom. The number of fused-ring (bicyclic) bond motifs is 1. The van der Waals surface area contributed by atoms with Crippen molar-refractivity contribution in [3.8, 4) is 0 Å². The fourth-order valence-electron chi connectivity index (χ4n) is 3.05. The summed E-state index contributed by atoms with van der Waals surface area (Å²) < 4.78 is 40.5. The quantitative estimate of drug-likeness (QED) is 0.253. The van der Waals surface area contributed by atoms with Crippen LogP contribution in [0.15, 0.2) is 23.8 Å². The first-order chi connectivity index (χ1) is 13.7. The molecule has 1 aliphatic heterocycles. The van der Waals surface area contributed by atoms with Gasteiger partial charge >= 0.3 is 18.9 Å². The van der Waals surface area contributed by atoms with E-state index in [1.807, 2.05) is 0 Å². The summed E-state index contributed by atoms with van der Waals surface area (Å²) in [7, 11) is 0. The minimum atomic E-state index is -2.95. The molecular formula is C18H18F3LiN6O2. The molecule has 1 aromatic heterocycles. The van der Waals surface area contributed by atoms with Crippen LogP contribution in [-0.2, 0) is 4.79 Å². The van der Waals surface area contributed by atoms with E-state index in [-0.39, 0.29) is 35.8 Å². The van der Waals surface area contributed by atoms with E-state index in [0.717, 1.165) is 6.07 Å². The molecule has 0 spiro atoms. The number of hydrogen-bond donors (Lipinski definition) is 4. The van der Waals surface area contributed by atoms with Crippen molar-refractivity contribution in [1.29, 1.82) is 0 Å². The molecule has 5 N–H and O–H groups in total. The molecule has 2 heterocycles. The number of nitrogens with one attached hydrogen (secondary N) is 3. The maximum atomic E-state index is 14.5. The van der Waals surface area contributed by atoms with Gasteiger partial charge in [0.1, 0.15) is 29.4 Å². The summed E-state index contributed by atoms with van der Waals surface area (Å²) in [5.41, 5.74) is 1.73. The number of rotatable bonds is 6. The molecule has 0 amide bonds. The first kappa shape index (κ1) is 23.7. The number of carboxylic acid groups (broad SMARTS) is 1. The molecule has 1 unspecified atom stereocenters. The topological polar surface area (TPSA) is 128 Å². The van der Waals surface area contributed by atoms with Crippen LogP contribution in [-0.4, -0.2) is 22.1 Å². The van der Waals surface area contributed by atoms with Gasteiger partial charge in [0.25, 0.3) is 6.43 Å². The summed E-state index contributed by atoms with van der Waals surface area (Å²) in [5.74, 6) is 3.73. The Kier molecular flexibility index (Phi) is 7.49. The second kappa shape index (κ2) is 9.49. The maximum Gasteiger partial charge on any atom is 1.00 e. The number of benzene rings is 1. The molecule has 0 radical (unpaired) electrons. The first-order valence-corrected chi connectivity index (χ1v) is 8.60. The summed E-state index contributed by atoms with van der Waals surface area (Å²) in [6.45, 7) is 3.18. The number of alkyl halides is 2. The van der Waals surface area contributed by atoms with Crippen LogP contribution in [0.4, 0.5) is 24.8 Å². The molecule has 1 aromatic carbocycles. The van der Waals surface area contributed by atoms with Gasteiger partial charge in [-0.25, -0.2) is 28.6 Å². The van der Waals surface area contributed by atoms with Gasteiger partial charge in [-0.2, -0.15) is 0 Å². The molecule has 0 saturated carbocycles. The monoisotopic (exact) mass is 414 g/mol. The van der Waals surface area contributed by atoms with Crippen LogP contribution in [0.1, 0.15) is 41.9 Å². The Bertz CT molecular complexity index is 989. The number of anilines is 2. The van der Waals surface area contributed by atoms with E-state index in [1.165, 1.54) is 18.2 Å². The van der Waals surface area contributed by atoms with E-state index in [9.17, 15) is 23.1 Å². The van der Waals surface area contributed by atoms with Crippen LogP contribution in [0.2, 0.25) is 0 Å². The number of carbonyl (C=O) groups excluding carboxylic acids is 1. The van der Waals surface area contributed by atoms with Crippen LogP contribution in [0.5, 0.6) is 0 Å². The van der Waals surface area contributed by atoms with Crippen molar-refractivity contribution in [1.82, 2.24) is 15.4 Å². The first-order valence-electron chi connectivity index (χ1n) is 8.60. The summed E-state index contributed by atoms with van der Waals surface area (Å²) in [5, 5.41) is 17.2. The van der Waals surface area contributed by atoms with E-state index >= 15 is 0 Å². The van der Waals surface area contributed by atoms with Crippen molar-refractivity contribution >= 4 is 23.7 Å². The third-order valence-electron chi connectivity index (χ3n) is 4.47. The third-order valence-corrected chi connectivity index (χ3v) is 4.47. The Morgan fingerprint density at radius 2 is 1.97 bits per heavy atom. The number of halogens is 3. The molecule has 12 heteroatoms. The number of nitrogens with zero attached hydrogens (tertiary/aromatic N) is 2. The molecule has 0 saturated heterocycles. The Balaban J connectivity index is 0.00000320. The molecule has 30 heavy (non-hydrogen) atoms. The molecule has 154 valence electrons. The van der Waals surface area contributed by atoms with Gasteiger partial charge in [-0.3, -0.25) is 5.84 Å². The van der Waals surface area contributed by atoms with Crippen molar-refractivity contribution in [2.45, 2.75) is 32.5 Å². The van der Waals surface area contributed by atoms with Gasteiger partial charge in [0, 0.05) is 11.1 Å². The molecule has 3 rings (SSSR count). The Labute approximate surface area is 182 Å². The summed E-state index contributed by atoms with van der Waals surface area (Å²) >= 11 is 0. The maximum absolute atomic E-state index is 14.5. The van der Waals surface area contributed by atoms with Crippen molar-refractivity contribution in [2.24, 2.45) is 5.84 Å². The fourth-order valence-corrected chi connectivity index (χ4v) is 3.05. The number of hydrazine groups is 1. The van der Waals surface area contributed by atoms with Crippen LogP contribution < -0.4 is 45.9 Å². The van der Waals surface area contributed by atoms with Crippen molar-refractivity contribution < 1.29 is 41.9 Å². The number of aryl methyl sites for hydroxylation is 1. The molecular weight excluding hydrogens is 396 g/mol. The van der Waals surface area contributed by atoms with Gasteiger partial charge in [-0.1, -0.05) is 18.2 Å². The summed E-state index contributed by atoms with van der Waals surface area (Å²) in [6, 6.07) is 2.99. The zero-order valence-corrected chi connectivity index (χ0v) is 16.5. The van der Waals surface area contributed by atoms with E-state index in [4.69, 9.17) is 5.84 Å². The van der Waals surface area contributed by atoms with Crippen LogP contribution >= 0.6 is 0 Å². The second-order valence-electron chi connectivity index (χ2n) is 6.43. The van der Waals surface area contributed by atoms with Gasteiger partial charge in [-0.15, -0.1) is 0 Å². The zero-order chi connectivity index (χ0) is 21.3. The standard InChI is InChI=1S/C18H19F3N6O2.Li/c1-7(9-4-3-5-10(13(9)19)14(20)21)23-15-11-6-12(18(28)29)17(27-22)26-16(11)25-8(2)24-15;/h3-7,14,17,27H,22H2,1-2H3,(H,28,29)(H2,23,24,25,26);/q;+1/p-1/t7-,17?;/m1./s1. The number of aromatic nitrogens is 2. The molecule has 0 bridgehead atoms. The van der Waals surface area contributed by atoms with Gasteiger partial charge in [0.15, 0.2) is 0 Å². The smallest absolute Gasteiger partial charge is 0.545 e. The molecule has 2 atom stereocenters. The van der Waals surface area contributed by atoms with Crippen LogP contribution in [0.25, 0.3) is 6.08 Å². The van der Waals surface area contributed by atoms with Crippen molar-refractivity contribution in [3.05, 3.63) is 52.1 Å². The predicted octanol–water partition coefficient (Wildman–Crippen LogP) is -1.61. The van der Waals surface area contributed by atoms with E-state index in [2.05, 4.69) is 26.0 Å². The zero-order valence-electron chi connectivity index (χ0n) is 16.5. The summed E-state index contributed by atoms with van der Waals surface area (Å²) in [4.78, 5) is 19.9. The number of carboxylic acids is 1. The van der Waals surface area contributed by atoms with Gasteiger partial charge in [0.05, 0.1) is 23.1 Å². The van der Waals surface area contributed by atoms with E-state index in [1.54, 1.807) is 13.8 Å². The second-order valence-corrected chi connectivity index (χ2v) is 6.43.